The molecule has 80 valence electrons. The number of nitrogens with one attached hydrogen (secondary N) is 1. The second-order valence-corrected chi connectivity index (χ2v) is 3.98. The van der Waals surface area contributed by atoms with Gasteiger partial charge in [-0.25, -0.2) is 4.98 Å². The molecular formula is C12H17N3. The summed E-state index contributed by atoms with van der Waals surface area (Å²) in [5.74, 6) is 1.36. The molecule has 1 heterocycles. The number of benzene rings is 1. The molecule has 3 N–H and O–H groups in total. The van der Waals surface area contributed by atoms with E-state index in [0.29, 0.717) is 12.5 Å². The Bertz CT molecular complexity index is 455. The maximum Gasteiger partial charge on any atom is 0.111 e. The van der Waals surface area contributed by atoms with Gasteiger partial charge in [0.2, 0.25) is 0 Å². The first-order valence-electron chi connectivity index (χ1n) is 5.41. The van der Waals surface area contributed by atoms with Crippen LogP contribution in [0.4, 0.5) is 0 Å². The van der Waals surface area contributed by atoms with Crippen molar-refractivity contribution in [1.82, 2.24) is 9.97 Å². The SMILES string of the molecule is CCC(CN)c1nc2ccc(C)cc2[nH]1. The normalized spacial score (nSPS) is 13.3. The van der Waals surface area contributed by atoms with E-state index in [1.165, 1.54) is 5.56 Å². The fourth-order valence-corrected chi connectivity index (χ4v) is 1.81. The van der Waals surface area contributed by atoms with E-state index < -0.39 is 0 Å². The van der Waals surface area contributed by atoms with Crippen molar-refractivity contribution >= 4 is 11.0 Å². The van der Waals surface area contributed by atoms with Crippen molar-refractivity contribution in [1.29, 1.82) is 0 Å². The number of imidazole rings is 1. The number of rotatable bonds is 3. The molecule has 2 aromatic rings. The molecule has 0 aliphatic rings. The third-order valence-corrected chi connectivity index (χ3v) is 2.82. The fraction of sp³-hybridized carbons (Fsp3) is 0.417. The average molecular weight is 203 g/mol. The van der Waals surface area contributed by atoms with Gasteiger partial charge in [-0.15, -0.1) is 0 Å². The van der Waals surface area contributed by atoms with Crippen molar-refractivity contribution in [2.75, 3.05) is 6.54 Å². The van der Waals surface area contributed by atoms with Crippen molar-refractivity contribution in [2.45, 2.75) is 26.2 Å². The number of hydrogen-bond acceptors (Lipinski definition) is 2. The Morgan fingerprint density at radius 2 is 2.27 bits per heavy atom. The predicted molar refractivity (Wildman–Crippen MR) is 62.9 cm³/mol. The van der Waals surface area contributed by atoms with E-state index in [4.69, 9.17) is 5.73 Å². The predicted octanol–water partition coefficient (Wildman–Crippen LogP) is 2.32. The summed E-state index contributed by atoms with van der Waals surface area (Å²) in [6.07, 6.45) is 1.02. The Labute approximate surface area is 89.7 Å². The van der Waals surface area contributed by atoms with Gasteiger partial charge in [-0.1, -0.05) is 13.0 Å². The van der Waals surface area contributed by atoms with Crippen LogP contribution in [0, 0.1) is 6.92 Å². The highest BCUT2D eigenvalue weighted by atomic mass is 14.9. The van der Waals surface area contributed by atoms with Gasteiger partial charge in [0.05, 0.1) is 11.0 Å². The van der Waals surface area contributed by atoms with Crippen molar-refractivity contribution in [3.63, 3.8) is 0 Å². The third kappa shape index (κ3) is 1.88. The summed E-state index contributed by atoms with van der Waals surface area (Å²) in [4.78, 5) is 7.91. The van der Waals surface area contributed by atoms with Crippen LogP contribution >= 0.6 is 0 Å². The number of nitrogens with two attached hydrogens (primary N) is 1. The van der Waals surface area contributed by atoms with Gasteiger partial charge in [0.15, 0.2) is 0 Å². The van der Waals surface area contributed by atoms with Crippen molar-refractivity contribution in [3.05, 3.63) is 29.6 Å². The second-order valence-electron chi connectivity index (χ2n) is 3.98. The lowest BCUT2D eigenvalue weighted by molar-refractivity contribution is 0.641. The lowest BCUT2D eigenvalue weighted by atomic mass is 10.1. The van der Waals surface area contributed by atoms with Gasteiger partial charge in [-0.05, 0) is 31.0 Å². The molecule has 0 fully saturated rings. The molecule has 0 saturated heterocycles. The van der Waals surface area contributed by atoms with E-state index in [2.05, 4.69) is 35.9 Å². The van der Waals surface area contributed by atoms with Crippen LogP contribution in [-0.2, 0) is 0 Å². The maximum atomic E-state index is 5.71. The molecule has 0 amide bonds. The van der Waals surface area contributed by atoms with Crippen LogP contribution in [0.5, 0.6) is 0 Å². The van der Waals surface area contributed by atoms with E-state index in [1.54, 1.807) is 0 Å². The molecule has 0 spiro atoms. The molecule has 3 nitrogen and oxygen atoms in total. The summed E-state index contributed by atoms with van der Waals surface area (Å²) in [7, 11) is 0. The standard InChI is InChI=1S/C12H17N3/c1-3-9(7-13)12-14-10-5-4-8(2)6-11(10)15-12/h4-6,9H,3,7,13H2,1-2H3,(H,14,15). The largest absolute Gasteiger partial charge is 0.342 e. The monoisotopic (exact) mass is 203 g/mol. The number of nitrogens with zero attached hydrogens (tertiary/aromatic N) is 1. The average Bonchev–Trinajstić information content (AvgIpc) is 2.62. The molecule has 2 rings (SSSR count). The molecule has 1 aromatic carbocycles. The topological polar surface area (TPSA) is 54.7 Å². The van der Waals surface area contributed by atoms with Gasteiger partial charge in [0.25, 0.3) is 0 Å². The maximum absolute atomic E-state index is 5.71. The second kappa shape index (κ2) is 4.03. The van der Waals surface area contributed by atoms with Crippen LogP contribution in [-0.4, -0.2) is 16.5 Å². The summed E-state index contributed by atoms with van der Waals surface area (Å²) >= 11 is 0. The van der Waals surface area contributed by atoms with E-state index in [1.807, 2.05) is 6.07 Å². The summed E-state index contributed by atoms with van der Waals surface area (Å²) < 4.78 is 0. The first-order valence-corrected chi connectivity index (χ1v) is 5.41. The molecule has 1 aromatic heterocycles. The summed E-state index contributed by atoms with van der Waals surface area (Å²) in [6.45, 7) is 4.87. The zero-order chi connectivity index (χ0) is 10.8. The number of H-pyrrole nitrogens is 1. The minimum absolute atomic E-state index is 0.345. The molecule has 3 heteroatoms. The summed E-state index contributed by atoms with van der Waals surface area (Å²) in [5.41, 5.74) is 9.09. The highest BCUT2D eigenvalue weighted by Crippen LogP contribution is 2.20. The van der Waals surface area contributed by atoms with Crippen LogP contribution in [0.3, 0.4) is 0 Å². The van der Waals surface area contributed by atoms with Gasteiger partial charge in [-0.3, -0.25) is 0 Å². The minimum atomic E-state index is 0.345. The Hall–Kier alpha value is -1.35. The molecule has 15 heavy (non-hydrogen) atoms. The van der Waals surface area contributed by atoms with Gasteiger partial charge in [0, 0.05) is 12.5 Å². The van der Waals surface area contributed by atoms with Gasteiger partial charge < -0.3 is 10.7 Å². The highest BCUT2D eigenvalue weighted by molar-refractivity contribution is 5.75. The van der Waals surface area contributed by atoms with Crippen LogP contribution in [0.1, 0.15) is 30.7 Å². The molecule has 1 unspecified atom stereocenters. The number of aromatic amines is 1. The van der Waals surface area contributed by atoms with E-state index in [0.717, 1.165) is 23.3 Å². The Balaban J connectivity index is 2.46. The molecule has 0 radical (unpaired) electrons. The van der Waals surface area contributed by atoms with Gasteiger partial charge >= 0.3 is 0 Å². The van der Waals surface area contributed by atoms with Crippen LogP contribution in [0.15, 0.2) is 18.2 Å². The van der Waals surface area contributed by atoms with E-state index >= 15 is 0 Å². The van der Waals surface area contributed by atoms with Crippen molar-refractivity contribution in [3.8, 4) is 0 Å². The zero-order valence-corrected chi connectivity index (χ0v) is 9.25. The molecule has 0 bridgehead atoms. The number of aryl methyl sites for hydroxylation is 1. The van der Waals surface area contributed by atoms with E-state index in [-0.39, 0.29) is 0 Å². The van der Waals surface area contributed by atoms with E-state index in [9.17, 15) is 0 Å². The number of fused-ring (bicyclic) bond motifs is 1. The molecule has 0 aliphatic carbocycles. The van der Waals surface area contributed by atoms with Crippen LogP contribution < -0.4 is 5.73 Å². The van der Waals surface area contributed by atoms with Crippen LogP contribution in [0.2, 0.25) is 0 Å². The van der Waals surface area contributed by atoms with Crippen LogP contribution in [0.25, 0.3) is 11.0 Å². The first kappa shape index (κ1) is 10.2. The first-order chi connectivity index (χ1) is 7.24. The lowest BCUT2D eigenvalue weighted by Crippen LogP contribution is -2.12. The molecule has 1 atom stereocenters. The number of aromatic nitrogens is 2. The summed E-state index contributed by atoms with van der Waals surface area (Å²) in [6, 6.07) is 6.25. The van der Waals surface area contributed by atoms with Crippen molar-refractivity contribution in [2.24, 2.45) is 5.73 Å². The Kier molecular flexibility index (Phi) is 2.73. The molecular weight excluding hydrogens is 186 g/mol. The smallest absolute Gasteiger partial charge is 0.111 e. The summed E-state index contributed by atoms with van der Waals surface area (Å²) in [5, 5.41) is 0. The number of hydrogen-bond donors (Lipinski definition) is 2. The highest BCUT2D eigenvalue weighted by Gasteiger charge is 2.11. The third-order valence-electron chi connectivity index (χ3n) is 2.82. The Morgan fingerprint density at radius 3 is 2.93 bits per heavy atom. The molecule has 0 saturated carbocycles. The minimum Gasteiger partial charge on any atom is -0.342 e. The lowest BCUT2D eigenvalue weighted by Gasteiger charge is -2.07. The fourth-order valence-electron chi connectivity index (χ4n) is 1.81. The zero-order valence-electron chi connectivity index (χ0n) is 9.25. The van der Waals surface area contributed by atoms with Gasteiger partial charge in [-0.2, -0.15) is 0 Å². The van der Waals surface area contributed by atoms with Crippen molar-refractivity contribution < 1.29 is 0 Å². The quantitative estimate of drug-likeness (QED) is 0.804. The van der Waals surface area contributed by atoms with Gasteiger partial charge in [0.1, 0.15) is 5.82 Å². The molecule has 0 aliphatic heterocycles. The Morgan fingerprint density at radius 1 is 1.47 bits per heavy atom.